The maximum Gasteiger partial charge on any atom is 0.510 e. The molecule has 0 saturated carbocycles. The van der Waals surface area contributed by atoms with Gasteiger partial charge in [0.1, 0.15) is 0 Å². The molecule has 0 aliphatic carbocycles. The number of hydrogen-bond acceptors (Lipinski definition) is 5. The first-order valence-electron chi connectivity index (χ1n) is 7.54. The highest BCUT2D eigenvalue weighted by Gasteiger charge is 2.39. The summed E-state index contributed by atoms with van der Waals surface area (Å²) in [7, 11) is 3.20. The van der Waals surface area contributed by atoms with E-state index in [1.54, 1.807) is 18.2 Å². The second-order valence-electron chi connectivity index (χ2n) is 5.78. The van der Waals surface area contributed by atoms with Crippen LogP contribution >= 0.6 is 23.2 Å². The molecule has 1 N–H and O–H groups in total. The summed E-state index contributed by atoms with van der Waals surface area (Å²) in [6.45, 7) is 1.37. The van der Waals surface area contributed by atoms with Gasteiger partial charge in [-0.2, -0.15) is 0 Å². The Bertz CT molecular complexity index is 596. The smallest absolute Gasteiger partial charge is 0.438 e. The second kappa shape index (κ2) is 8.05. The molecule has 132 valence electrons. The fourth-order valence-electron chi connectivity index (χ4n) is 2.59. The first-order chi connectivity index (χ1) is 11.3. The molecule has 1 aliphatic heterocycles. The summed E-state index contributed by atoms with van der Waals surface area (Å²) in [5.41, 5.74) is -0.538. The molecule has 0 aromatic heterocycles. The van der Waals surface area contributed by atoms with E-state index in [1.807, 2.05) is 7.05 Å². The van der Waals surface area contributed by atoms with Crippen LogP contribution in [0, 0.1) is 0 Å². The van der Waals surface area contributed by atoms with Crippen LogP contribution in [0.15, 0.2) is 18.2 Å². The highest BCUT2D eigenvalue weighted by Crippen LogP contribution is 2.27. The minimum atomic E-state index is -1.08. The molecule has 0 bridgehead atoms. The van der Waals surface area contributed by atoms with Gasteiger partial charge in [0.2, 0.25) is 5.91 Å². The van der Waals surface area contributed by atoms with Crippen molar-refractivity contribution in [3.63, 3.8) is 0 Å². The van der Waals surface area contributed by atoms with Crippen molar-refractivity contribution in [2.75, 3.05) is 27.2 Å². The zero-order chi connectivity index (χ0) is 17.7. The van der Waals surface area contributed by atoms with Crippen LogP contribution < -0.4 is 5.32 Å². The number of carbonyl (C=O) groups is 2. The van der Waals surface area contributed by atoms with E-state index in [0.717, 1.165) is 0 Å². The number of benzene rings is 1. The summed E-state index contributed by atoms with van der Waals surface area (Å²) in [4.78, 5) is 26.1. The van der Waals surface area contributed by atoms with E-state index in [1.165, 1.54) is 7.11 Å². The molecule has 6 nitrogen and oxygen atoms in total. The van der Waals surface area contributed by atoms with Crippen LogP contribution in [-0.2, 0) is 20.7 Å². The number of hydrogen-bond donors (Lipinski definition) is 1. The van der Waals surface area contributed by atoms with Crippen molar-refractivity contribution in [1.82, 2.24) is 10.2 Å². The number of nitrogens with zero attached hydrogens (tertiary/aromatic N) is 1. The molecule has 1 amide bonds. The Morgan fingerprint density at radius 1 is 1.25 bits per heavy atom. The van der Waals surface area contributed by atoms with Gasteiger partial charge in [0, 0.05) is 36.0 Å². The number of nitrogens with one attached hydrogen (secondary N) is 1. The third-order valence-corrected chi connectivity index (χ3v) is 4.71. The van der Waals surface area contributed by atoms with Crippen molar-refractivity contribution in [2.45, 2.75) is 25.0 Å². The molecule has 8 heteroatoms. The summed E-state index contributed by atoms with van der Waals surface area (Å²) in [5, 5.41) is 3.66. The number of halogens is 2. The monoisotopic (exact) mass is 374 g/mol. The predicted molar refractivity (Wildman–Crippen MR) is 91.3 cm³/mol. The molecule has 0 spiro atoms. The van der Waals surface area contributed by atoms with Crippen LogP contribution in [0.1, 0.15) is 18.4 Å². The third kappa shape index (κ3) is 4.75. The third-order valence-electron chi connectivity index (χ3n) is 4.01. The summed E-state index contributed by atoms with van der Waals surface area (Å²) >= 11 is 12.2. The van der Waals surface area contributed by atoms with E-state index >= 15 is 0 Å². The fourth-order valence-corrected chi connectivity index (χ4v) is 3.12. The standard InChI is InChI=1S/C16H20Cl2N2O4/c1-20-8-6-16(7-9-20,24-15(22)23-2)19-14(21)10-11-12(17)4-3-5-13(11)18/h3-5H,6-10H2,1-2H3,(H,19,21). The summed E-state index contributed by atoms with van der Waals surface area (Å²) in [6.07, 6.45) is 0.123. The number of carbonyl (C=O) groups excluding carboxylic acids is 2. The topological polar surface area (TPSA) is 67.9 Å². The minimum Gasteiger partial charge on any atom is -0.438 e. The molecule has 1 heterocycles. The van der Waals surface area contributed by atoms with Gasteiger partial charge in [0.25, 0.3) is 0 Å². The van der Waals surface area contributed by atoms with Crippen molar-refractivity contribution in [3.05, 3.63) is 33.8 Å². The Morgan fingerprint density at radius 3 is 2.38 bits per heavy atom. The van der Waals surface area contributed by atoms with E-state index in [4.69, 9.17) is 27.9 Å². The Labute approximate surface area is 151 Å². The van der Waals surface area contributed by atoms with Crippen molar-refractivity contribution in [1.29, 1.82) is 0 Å². The van der Waals surface area contributed by atoms with Gasteiger partial charge < -0.3 is 19.7 Å². The first kappa shape index (κ1) is 18.8. The molecular weight excluding hydrogens is 355 g/mol. The van der Waals surface area contributed by atoms with Crippen LogP contribution in [0.4, 0.5) is 4.79 Å². The van der Waals surface area contributed by atoms with Gasteiger partial charge in [0.15, 0.2) is 5.72 Å². The SMILES string of the molecule is COC(=O)OC1(NC(=O)Cc2c(Cl)cccc2Cl)CCN(C)CC1. The van der Waals surface area contributed by atoms with Gasteiger partial charge in [-0.05, 0) is 24.7 Å². The molecule has 0 unspecified atom stereocenters. The molecule has 1 aromatic rings. The Balaban J connectivity index is 2.11. The van der Waals surface area contributed by atoms with Gasteiger partial charge >= 0.3 is 6.16 Å². The van der Waals surface area contributed by atoms with Crippen LogP contribution in [-0.4, -0.2) is 49.9 Å². The van der Waals surface area contributed by atoms with Crippen LogP contribution in [0.25, 0.3) is 0 Å². The van der Waals surface area contributed by atoms with E-state index < -0.39 is 11.9 Å². The number of ether oxygens (including phenoxy) is 2. The van der Waals surface area contributed by atoms with Crippen LogP contribution in [0.3, 0.4) is 0 Å². The highest BCUT2D eigenvalue weighted by molar-refractivity contribution is 6.36. The predicted octanol–water partition coefficient (Wildman–Crippen LogP) is 2.86. The molecule has 0 atom stereocenters. The van der Waals surface area contributed by atoms with Gasteiger partial charge in [0.05, 0.1) is 13.5 Å². The molecule has 0 radical (unpaired) electrons. The Morgan fingerprint density at radius 2 is 1.83 bits per heavy atom. The number of methoxy groups -OCH3 is 1. The highest BCUT2D eigenvalue weighted by atomic mass is 35.5. The zero-order valence-corrected chi connectivity index (χ0v) is 15.1. The van der Waals surface area contributed by atoms with Crippen LogP contribution in [0.5, 0.6) is 0 Å². The van der Waals surface area contributed by atoms with Gasteiger partial charge in [-0.15, -0.1) is 0 Å². The van der Waals surface area contributed by atoms with E-state index in [2.05, 4.69) is 15.0 Å². The largest absolute Gasteiger partial charge is 0.510 e. The summed E-state index contributed by atoms with van der Waals surface area (Å²) in [6, 6.07) is 5.06. The average molecular weight is 375 g/mol. The lowest BCUT2D eigenvalue weighted by atomic mass is 9.99. The normalized spacial score (nSPS) is 17.2. The van der Waals surface area contributed by atoms with Gasteiger partial charge in [-0.3, -0.25) is 4.79 Å². The van der Waals surface area contributed by atoms with Gasteiger partial charge in [-0.1, -0.05) is 29.3 Å². The second-order valence-corrected chi connectivity index (χ2v) is 6.59. The summed E-state index contributed by atoms with van der Waals surface area (Å²) < 4.78 is 9.93. The lowest BCUT2D eigenvalue weighted by Crippen LogP contribution is -2.57. The average Bonchev–Trinajstić information content (AvgIpc) is 2.54. The molecule has 1 saturated heterocycles. The van der Waals surface area contributed by atoms with Crippen LogP contribution in [0.2, 0.25) is 10.0 Å². The van der Waals surface area contributed by atoms with E-state index in [-0.39, 0.29) is 12.3 Å². The molecule has 24 heavy (non-hydrogen) atoms. The number of piperidine rings is 1. The lowest BCUT2D eigenvalue weighted by molar-refractivity contribution is -0.134. The number of rotatable bonds is 4. The quantitative estimate of drug-likeness (QED) is 0.648. The number of amides is 1. The maximum atomic E-state index is 12.5. The molecule has 1 fully saturated rings. The van der Waals surface area contributed by atoms with Crippen molar-refractivity contribution < 1.29 is 19.1 Å². The van der Waals surface area contributed by atoms with Crippen molar-refractivity contribution in [3.8, 4) is 0 Å². The lowest BCUT2D eigenvalue weighted by Gasteiger charge is -2.39. The molecule has 1 aliphatic rings. The van der Waals surface area contributed by atoms with Gasteiger partial charge in [-0.25, -0.2) is 4.79 Å². The molecule has 2 rings (SSSR count). The number of likely N-dealkylation sites (tertiary alicyclic amines) is 1. The maximum absolute atomic E-state index is 12.5. The Kier molecular flexibility index (Phi) is 6.32. The molecular formula is C16H20Cl2N2O4. The van der Waals surface area contributed by atoms with Crippen molar-refractivity contribution >= 4 is 35.3 Å². The zero-order valence-electron chi connectivity index (χ0n) is 13.6. The van der Waals surface area contributed by atoms with Crippen molar-refractivity contribution in [2.24, 2.45) is 0 Å². The summed E-state index contributed by atoms with van der Waals surface area (Å²) in [5.74, 6) is -0.321. The fraction of sp³-hybridized carbons (Fsp3) is 0.500. The Hall–Kier alpha value is -1.50. The minimum absolute atomic E-state index is 0.000624. The molecule has 1 aromatic carbocycles. The first-order valence-corrected chi connectivity index (χ1v) is 8.30. The van der Waals surface area contributed by atoms with E-state index in [9.17, 15) is 9.59 Å². The van der Waals surface area contributed by atoms with E-state index in [0.29, 0.717) is 41.5 Å².